The molecule has 2 nitrogen and oxygen atoms in total. The number of rotatable bonds is 5. The maximum absolute atomic E-state index is 14.1. The Morgan fingerprint density at radius 1 is 1.43 bits per heavy atom. The van der Waals surface area contributed by atoms with Crippen LogP contribution in [0.2, 0.25) is 5.02 Å². The van der Waals surface area contributed by atoms with Crippen LogP contribution in [0.15, 0.2) is 18.2 Å². The van der Waals surface area contributed by atoms with Crippen LogP contribution in [0.3, 0.4) is 0 Å². The number of nitrogens with zero attached hydrogens (tertiary/aromatic N) is 1. The van der Waals surface area contributed by atoms with E-state index in [2.05, 4.69) is 31.0 Å². The van der Waals surface area contributed by atoms with Crippen molar-refractivity contribution in [2.45, 2.75) is 58.2 Å². The number of benzene rings is 1. The van der Waals surface area contributed by atoms with Gasteiger partial charge in [-0.1, -0.05) is 37.9 Å². The maximum Gasteiger partial charge on any atom is 0.129 e. The molecule has 1 N–H and O–H groups in total. The van der Waals surface area contributed by atoms with Gasteiger partial charge in [0.1, 0.15) is 5.82 Å². The first-order valence-electron chi connectivity index (χ1n) is 7.90. The molecule has 0 aromatic heterocycles. The summed E-state index contributed by atoms with van der Waals surface area (Å²) in [5, 5.41) is 4.12. The lowest BCUT2D eigenvalue weighted by atomic mass is 9.92. The summed E-state index contributed by atoms with van der Waals surface area (Å²) in [6.07, 6.45) is 3.36. The van der Waals surface area contributed by atoms with Gasteiger partial charge in [0.25, 0.3) is 0 Å². The zero-order valence-corrected chi connectivity index (χ0v) is 14.0. The minimum Gasteiger partial charge on any atom is -0.309 e. The molecule has 0 aliphatic carbocycles. The molecule has 2 rings (SSSR count). The Bertz CT molecular complexity index is 480. The SMILES string of the molecule is CCCC1CNC(C)(CC)CN1Cc1ccc(Cl)cc1F. The van der Waals surface area contributed by atoms with Crippen LogP contribution >= 0.6 is 11.6 Å². The molecular formula is C17H26ClFN2. The minimum atomic E-state index is -0.200. The van der Waals surface area contributed by atoms with Gasteiger partial charge in [-0.2, -0.15) is 0 Å². The lowest BCUT2D eigenvalue weighted by Crippen LogP contribution is -2.62. The number of piperazine rings is 1. The molecule has 1 aliphatic rings. The lowest BCUT2D eigenvalue weighted by molar-refractivity contribution is 0.0716. The van der Waals surface area contributed by atoms with Gasteiger partial charge in [-0.3, -0.25) is 4.90 Å². The van der Waals surface area contributed by atoms with Crippen LogP contribution in [0.4, 0.5) is 4.39 Å². The number of nitrogens with one attached hydrogen (secondary N) is 1. The molecule has 1 fully saturated rings. The summed E-state index contributed by atoms with van der Waals surface area (Å²) in [6.45, 7) is 9.25. The molecule has 0 radical (unpaired) electrons. The third kappa shape index (κ3) is 4.18. The van der Waals surface area contributed by atoms with Gasteiger partial charge in [0.2, 0.25) is 0 Å². The highest BCUT2D eigenvalue weighted by molar-refractivity contribution is 6.30. The molecule has 118 valence electrons. The van der Waals surface area contributed by atoms with E-state index in [1.54, 1.807) is 6.07 Å². The van der Waals surface area contributed by atoms with Crippen molar-refractivity contribution in [3.63, 3.8) is 0 Å². The standard InChI is InChI=1S/C17H26ClFN2/c1-4-6-15-10-20-17(3,5-2)12-21(15)11-13-7-8-14(18)9-16(13)19/h7-9,15,20H,4-6,10-12H2,1-3H3. The molecule has 1 aromatic rings. The van der Waals surface area contributed by atoms with Gasteiger partial charge in [0.05, 0.1) is 0 Å². The van der Waals surface area contributed by atoms with E-state index >= 15 is 0 Å². The smallest absolute Gasteiger partial charge is 0.129 e. The summed E-state index contributed by atoms with van der Waals surface area (Å²) < 4.78 is 14.1. The Morgan fingerprint density at radius 3 is 2.81 bits per heavy atom. The highest BCUT2D eigenvalue weighted by atomic mass is 35.5. The molecule has 1 saturated heterocycles. The number of hydrogen-bond donors (Lipinski definition) is 1. The average molecular weight is 313 g/mol. The van der Waals surface area contributed by atoms with Crippen molar-refractivity contribution < 1.29 is 4.39 Å². The molecule has 0 bridgehead atoms. The van der Waals surface area contributed by atoms with E-state index < -0.39 is 0 Å². The minimum absolute atomic E-state index is 0.118. The van der Waals surface area contributed by atoms with Crippen molar-refractivity contribution in [2.24, 2.45) is 0 Å². The molecule has 2 atom stereocenters. The van der Waals surface area contributed by atoms with Crippen molar-refractivity contribution in [2.75, 3.05) is 13.1 Å². The second kappa shape index (κ2) is 7.08. The van der Waals surface area contributed by atoms with E-state index in [4.69, 9.17) is 11.6 Å². The van der Waals surface area contributed by atoms with Gasteiger partial charge in [-0.05, 0) is 31.9 Å². The van der Waals surface area contributed by atoms with Crippen molar-refractivity contribution in [1.82, 2.24) is 10.2 Å². The predicted molar refractivity (Wildman–Crippen MR) is 87.2 cm³/mol. The quantitative estimate of drug-likeness (QED) is 0.875. The monoisotopic (exact) mass is 312 g/mol. The molecule has 1 heterocycles. The van der Waals surface area contributed by atoms with Gasteiger partial charge in [-0.15, -0.1) is 0 Å². The number of halogens is 2. The molecular weight excluding hydrogens is 287 g/mol. The Kier molecular flexibility index (Phi) is 5.64. The Morgan fingerprint density at radius 2 is 2.19 bits per heavy atom. The number of hydrogen-bond acceptors (Lipinski definition) is 2. The van der Waals surface area contributed by atoms with E-state index in [0.29, 0.717) is 17.6 Å². The lowest BCUT2D eigenvalue weighted by Gasteiger charge is -2.46. The van der Waals surface area contributed by atoms with Gasteiger partial charge < -0.3 is 5.32 Å². The summed E-state index contributed by atoms with van der Waals surface area (Å²) >= 11 is 5.84. The fraction of sp³-hybridized carbons (Fsp3) is 0.647. The van der Waals surface area contributed by atoms with Gasteiger partial charge >= 0.3 is 0 Å². The predicted octanol–water partition coefficient (Wildman–Crippen LogP) is 4.22. The van der Waals surface area contributed by atoms with E-state index in [-0.39, 0.29) is 11.4 Å². The topological polar surface area (TPSA) is 15.3 Å². The molecule has 1 aromatic carbocycles. The summed E-state index contributed by atoms with van der Waals surface area (Å²) in [5.41, 5.74) is 0.855. The van der Waals surface area contributed by atoms with Crippen LogP contribution in [0, 0.1) is 5.82 Å². The molecule has 2 unspecified atom stereocenters. The Hall–Kier alpha value is -0.640. The Labute approximate surface area is 132 Å². The highest BCUT2D eigenvalue weighted by Crippen LogP contribution is 2.24. The largest absolute Gasteiger partial charge is 0.309 e. The van der Waals surface area contributed by atoms with Crippen molar-refractivity contribution in [1.29, 1.82) is 0 Å². The van der Waals surface area contributed by atoms with E-state index in [1.165, 1.54) is 6.07 Å². The highest BCUT2D eigenvalue weighted by Gasteiger charge is 2.34. The Balaban J connectivity index is 2.15. The van der Waals surface area contributed by atoms with Crippen LogP contribution in [0.5, 0.6) is 0 Å². The summed E-state index contributed by atoms with van der Waals surface area (Å²) in [7, 11) is 0. The third-order valence-electron chi connectivity index (χ3n) is 4.62. The summed E-state index contributed by atoms with van der Waals surface area (Å²) in [6, 6.07) is 5.47. The van der Waals surface area contributed by atoms with E-state index in [9.17, 15) is 4.39 Å². The zero-order chi connectivity index (χ0) is 15.5. The van der Waals surface area contributed by atoms with Crippen LogP contribution < -0.4 is 5.32 Å². The second-order valence-corrected chi connectivity index (χ2v) is 6.81. The van der Waals surface area contributed by atoms with Crippen molar-refractivity contribution in [3.8, 4) is 0 Å². The van der Waals surface area contributed by atoms with Crippen molar-refractivity contribution >= 4 is 11.6 Å². The summed E-state index contributed by atoms with van der Waals surface area (Å²) in [4.78, 5) is 2.43. The average Bonchev–Trinajstić information content (AvgIpc) is 2.45. The first kappa shape index (κ1) is 16.7. The van der Waals surface area contributed by atoms with Crippen LogP contribution in [-0.2, 0) is 6.54 Å². The first-order chi connectivity index (χ1) is 9.97. The zero-order valence-electron chi connectivity index (χ0n) is 13.3. The summed E-state index contributed by atoms with van der Waals surface area (Å²) in [5.74, 6) is -0.200. The van der Waals surface area contributed by atoms with Crippen molar-refractivity contribution in [3.05, 3.63) is 34.6 Å². The second-order valence-electron chi connectivity index (χ2n) is 6.38. The molecule has 21 heavy (non-hydrogen) atoms. The molecule has 0 saturated carbocycles. The van der Waals surface area contributed by atoms with Gasteiger partial charge in [-0.25, -0.2) is 4.39 Å². The van der Waals surface area contributed by atoms with Crippen LogP contribution in [0.25, 0.3) is 0 Å². The molecule has 1 aliphatic heterocycles. The normalized spacial score (nSPS) is 27.0. The van der Waals surface area contributed by atoms with E-state index in [0.717, 1.165) is 37.9 Å². The van der Waals surface area contributed by atoms with E-state index in [1.807, 2.05) is 6.07 Å². The van der Waals surface area contributed by atoms with Gasteiger partial charge in [0, 0.05) is 41.8 Å². The van der Waals surface area contributed by atoms with Crippen LogP contribution in [-0.4, -0.2) is 29.6 Å². The molecule has 4 heteroatoms. The third-order valence-corrected chi connectivity index (χ3v) is 4.86. The molecule has 0 spiro atoms. The maximum atomic E-state index is 14.1. The molecule has 0 amide bonds. The fourth-order valence-electron chi connectivity index (χ4n) is 3.03. The van der Waals surface area contributed by atoms with Gasteiger partial charge in [0.15, 0.2) is 0 Å². The first-order valence-corrected chi connectivity index (χ1v) is 8.28. The fourth-order valence-corrected chi connectivity index (χ4v) is 3.19. The van der Waals surface area contributed by atoms with Crippen LogP contribution in [0.1, 0.15) is 45.6 Å².